The minimum absolute atomic E-state index is 0.0155. The van der Waals surface area contributed by atoms with Gasteiger partial charge in [-0.3, -0.25) is 14.6 Å². The van der Waals surface area contributed by atoms with E-state index in [-0.39, 0.29) is 29.5 Å². The van der Waals surface area contributed by atoms with Gasteiger partial charge in [0.25, 0.3) is 11.7 Å². The van der Waals surface area contributed by atoms with Crippen LogP contribution in [0.15, 0.2) is 72.6 Å². The van der Waals surface area contributed by atoms with Crippen LogP contribution in [0.4, 0.5) is 4.39 Å². The third-order valence-corrected chi connectivity index (χ3v) is 6.01. The fraction of sp³-hybridized carbons (Fsp3) is 0.192. The molecule has 0 radical (unpaired) electrons. The van der Waals surface area contributed by atoms with Crippen molar-refractivity contribution in [1.29, 1.82) is 0 Å². The number of nitrogens with zero attached hydrogens (tertiary/aromatic N) is 2. The van der Waals surface area contributed by atoms with Gasteiger partial charge in [-0.05, 0) is 54.4 Å². The van der Waals surface area contributed by atoms with Crippen molar-refractivity contribution in [3.8, 4) is 5.75 Å². The molecule has 1 aromatic heterocycles. The molecule has 0 aliphatic carbocycles. The Morgan fingerprint density at radius 1 is 1.15 bits per heavy atom. The van der Waals surface area contributed by atoms with E-state index < -0.39 is 23.5 Å². The summed E-state index contributed by atoms with van der Waals surface area (Å²) >= 11 is 0. The van der Waals surface area contributed by atoms with Crippen molar-refractivity contribution >= 4 is 17.4 Å². The molecule has 7 heteroatoms. The molecule has 1 fully saturated rings. The SMILES string of the molecule is C[C@H]1Cc2cc(/C(O)=C3\C(=O)C(=O)N(Cc4ccncc4)[C@H]3c3ccccc3F)ccc2O1. The molecule has 5 rings (SSSR count). The number of rotatable bonds is 4. The van der Waals surface area contributed by atoms with E-state index in [0.29, 0.717) is 12.0 Å². The largest absolute Gasteiger partial charge is 0.507 e. The van der Waals surface area contributed by atoms with Gasteiger partial charge in [-0.15, -0.1) is 0 Å². The van der Waals surface area contributed by atoms with E-state index in [4.69, 9.17) is 4.74 Å². The molecule has 0 bridgehead atoms. The molecule has 33 heavy (non-hydrogen) atoms. The van der Waals surface area contributed by atoms with E-state index in [1.54, 1.807) is 48.8 Å². The van der Waals surface area contributed by atoms with Crippen LogP contribution in [0.25, 0.3) is 5.76 Å². The first-order valence-electron chi connectivity index (χ1n) is 10.7. The van der Waals surface area contributed by atoms with Gasteiger partial charge in [0.05, 0.1) is 11.6 Å². The Morgan fingerprint density at radius 3 is 2.67 bits per heavy atom. The number of benzene rings is 2. The lowest BCUT2D eigenvalue weighted by Crippen LogP contribution is -2.29. The second kappa shape index (κ2) is 8.16. The van der Waals surface area contributed by atoms with E-state index in [2.05, 4.69) is 4.98 Å². The average molecular weight is 444 g/mol. The van der Waals surface area contributed by atoms with Crippen molar-refractivity contribution in [2.45, 2.75) is 32.0 Å². The zero-order valence-corrected chi connectivity index (χ0v) is 17.9. The van der Waals surface area contributed by atoms with Gasteiger partial charge in [0.15, 0.2) is 0 Å². The van der Waals surface area contributed by atoms with Gasteiger partial charge >= 0.3 is 0 Å². The van der Waals surface area contributed by atoms with Crippen molar-refractivity contribution in [3.63, 3.8) is 0 Å². The number of aliphatic hydroxyl groups excluding tert-OH is 1. The van der Waals surface area contributed by atoms with Crippen molar-refractivity contribution < 1.29 is 23.8 Å². The van der Waals surface area contributed by atoms with E-state index in [9.17, 15) is 19.1 Å². The second-order valence-electron chi connectivity index (χ2n) is 8.26. The number of aromatic nitrogens is 1. The van der Waals surface area contributed by atoms with Crippen molar-refractivity contribution in [1.82, 2.24) is 9.88 Å². The number of fused-ring (bicyclic) bond motifs is 1. The fourth-order valence-corrected chi connectivity index (χ4v) is 4.47. The standard InChI is InChI=1S/C26H21FN2O4/c1-15-12-18-13-17(6-7-21(18)33-15)24(30)22-23(19-4-2-3-5-20(19)27)29(26(32)25(22)31)14-16-8-10-28-11-9-16/h2-11,13,15,23,30H,12,14H2,1H3/b24-22+/t15-,23-/m0/s1. The first-order chi connectivity index (χ1) is 15.9. The van der Waals surface area contributed by atoms with Crippen LogP contribution < -0.4 is 4.74 Å². The number of hydrogen-bond acceptors (Lipinski definition) is 5. The summed E-state index contributed by atoms with van der Waals surface area (Å²) in [7, 11) is 0. The molecule has 1 saturated heterocycles. The topological polar surface area (TPSA) is 79.7 Å². The van der Waals surface area contributed by atoms with Gasteiger partial charge in [0.2, 0.25) is 0 Å². The molecule has 6 nitrogen and oxygen atoms in total. The number of carbonyl (C=O) groups excluding carboxylic acids is 2. The van der Waals surface area contributed by atoms with Gasteiger partial charge in [-0.1, -0.05) is 18.2 Å². The van der Waals surface area contributed by atoms with Crippen LogP contribution in [0, 0.1) is 5.82 Å². The predicted octanol–water partition coefficient (Wildman–Crippen LogP) is 4.17. The molecule has 3 aromatic rings. The monoisotopic (exact) mass is 444 g/mol. The van der Waals surface area contributed by atoms with Gasteiger partial charge in [-0.25, -0.2) is 4.39 Å². The molecular formula is C26H21FN2O4. The fourth-order valence-electron chi connectivity index (χ4n) is 4.47. The summed E-state index contributed by atoms with van der Waals surface area (Å²) in [6.45, 7) is 2.01. The lowest BCUT2D eigenvalue weighted by Gasteiger charge is -2.25. The van der Waals surface area contributed by atoms with E-state index in [1.807, 2.05) is 6.92 Å². The molecule has 0 spiro atoms. The molecule has 0 unspecified atom stereocenters. The maximum atomic E-state index is 14.9. The smallest absolute Gasteiger partial charge is 0.295 e. The second-order valence-corrected chi connectivity index (χ2v) is 8.26. The normalized spacial score (nSPS) is 21.2. The Kier molecular flexibility index (Phi) is 5.17. The number of hydrogen-bond donors (Lipinski definition) is 1. The lowest BCUT2D eigenvalue weighted by atomic mass is 9.94. The van der Waals surface area contributed by atoms with Crippen LogP contribution in [0.1, 0.15) is 35.2 Å². The zero-order chi connectivity index (χ0) is 23.1. The molecule has 3 heterocycles. The van der Waals surface area contributed by atoms with Gasteiger partial charge < -0.3 is 14.7 Å². The minimum atomic E-state index is -1.07. The zero-order valence-electron chi connectivity index (χ0n) is 17.9. The highest BCUT2D eigenvalue weighted by Gasteiger charge is 2.47. The Morgan fingerprint density at radius 2 is 1.91 bits per heavy atom. The first kappa shape index (κ1) is 20.9. The van der Waals surface area contributed by atoms with Crippen molar-refractivity contribution in [2.75, 3.05) is 0 Å². The Hall–Kier alpha value is -4.00. The van der Waals surface area contributed by atoms with Crippen molar-refractivity contribution in [3.05, 3.63) is 101 Å². The number of ether oxygens (including phenoxy) is 1. The van der Waals surface area contributed by atoms with Crippen LogP contribution in [0.3, 0.4) is 0 Å². The first-order valence-corrected chi connectivity index (χ1v) is 10.7. The van der Waals surface area contributed by atoms with Crippen LogP contribution in [0.2, 0.25) is 0 Å². The molecule has 2 aromatic carbocycles. The number of pyridine rings is 1. The summed E-state index contributed by atoms with van der Waals surface area (Å²) in [6, 6.07) is 13.5. The third-order valence-electron chi connectivity index (χ3n) is 6.01. The van der Waals surface area contributed by atoms with Crippen molar-refractivity contribution in [2.24, 2.45) is 0 Å². The van der Waals surface area contributed by atoms with E-state index >= 15 is 0 Å². The number of halogens is 1. The van der Waals surface area contributed by atoms with E-state index in [1.165, 1.54) is 23.1 Å². The quantitative estimate of drug-likeness (QED) is 0.371. The Labute approximate surface area is 190 Å². The van der Waals surface area contributed by atoms with Gasteiger partial charge in [0, 0.05) is 36.5 Å². The maximum absolute atomic E-state index is 14.9. The van der Waals surface area contributed by atoms with Crippen LogP contribution >= 0.6 is 0 Å². The molecular weight excluding hydrogens is 423 g/mol. The summed E-state index contributed by atoms with van der Waals surface area (Å²) < 4.78 is 20.6. The van der Waals surface area contributed by atoms with E-state index in [0.717, 1.165) is 16.9 Å². The number of Topliss-reactive ketones (excluding diaryl/α,β-unsaturated/α-hetero) is 1. The minimum Gasteiger partial charge on any atom is -0.507 e. The van der Waals surface area contributed by atoms with Gasteiger partial charge in [-0.2, -0.15) is 0 Å². The molecule has 1 amide bonds. The highest BCUT2D eigenvalue weighted by Crippen LogP contribution is 2.42. The maximum Gasteiger partial charge on any atom is 0.295 e. The molecule has 1 N–H and O–H groups in total. The number of carbonyl (C=O) groups is 2. The number of likely N-dealkylation sites (tertiary alicyclic amines) is 1. The number of ketones is 1. The summed E-state index contributed by atoms with van der Waals surface area (Å²) in [4.78, 5) is 31.5. The average Bonchev–Trinajstić information content (AvgIpc) is 3.31. The molecule has 2 atom stereocenters. The lowest BCUT2D eigenvalue weighted by molar-refractivity contribution is -0.140. The predicted molar refractivity (Wildman–Crippen MR) is 119 cm³/mol. The molecule has 166 valence electrons. The molecule has 0 saturated carbocycles. The Balaban J connectivity index is 1.65. The van der Waals surface area contributed by atoms with Gasteiger partial charge in [0.1, 0.15) is 23.4 Å². The highest BCUT2D eigenvalue weighted by molar-refractivity contribution is 6.46. The number of amides is 1. The highest BCUT2D eigenvalue weighted by atomic mass is 19.1. The van der Waals surface area contributed by atoms with Crippen LogP contribution in [-0.2, 0) is 22.6 Å². The summed E-state index contributed by atoms with van der Waals surface area (Å²) in [5, 5.41) is 11.2. The van der Waals surface area contributed by atoms with Crippen LogP contribution in [-0.4, -0.2) is 32.8 Å². The summed E-state index contributed by atoms with van der Waals surface area (Å²) in [5.74, 6) is -1.81. The van der Waals surface area contributed by atoms with Crippen LogP contribution in [0.5, 0.6) is 5.75 Å². The summed E-state index contributed by atoms with van der Waals surface area (Å²) in [6.07, 6.45) is 3.85. The number of aliphatic hydroxyl groups is 1. The summed E-state index contributed by atoms with van der Waals surface area (Å²) in [5.41, 5.74) is 2.03. The molecule has 2 aliphatic rings. The third kappa shape index (κ3) is 3.65. The molecule has 2 aliphatic heterocycles. The Bertz CT molecular complexity index is 1290.